The molecule has 0 aliphatic carbocycles. The third-order valence-electron chi connectivity index (χ3n) is 2.68. The summed E-state index contributed by atoms with van der Waals surface area (Å²) < 4.78 is 0. The quantitative estimate of drug-likeness (QED) is 0.412. The molecule has 7 heteroatoms. The van der Waals surface area contributed by atoms with E-state index in [2.05, 4.69) is 17.4 Å². The maximum absolute atomic E-state index is 11.7. The second kappa shape index (κ2) is 7.75. The fourth-order valence-electron chi connectivity index (χ4n) is 1.77. The van der Waals surface area contributed by atoms with E-state index in [0.29, 0.717) is 31.8 Å². The number of piperidine rings is 1. The van der Waals surface area contributed by atoms with E-state index in [4.69, 9.17) is 10.6 Å². The van der Waals surface area contributed by atoms with Crippen molar-refractivity contribution in [2.24, 2.45) is 5.73 Å². The molecule has 0 aromatic carbocycles. The number of rotatable bonds is 7. The Morgan fingerprint density at radius 2 is 2.37 bits per heavy atom. The largest absolute Gasteiger partial charge is 0.352 e. The zero-order valence-electron chi connectivity index (χ0n) is 11.3. The first-order valence-corrected chi connectivity index (χ1v) is 6.35. The van der Waals surface area contributed by atoms with Crippen molar-refractivity contribution in [3.8, 4) is 0 Å². The molecule has 0 spiro atoms. The molecule has 1 saturated heterocycles. The van der Waals surface area contributed by atoms with E-state index < -0.39 is 6.04 Å². The lowest BCUT2D eigenvalue weighted by Crippen LogP contribution is -2.51. The van der Waals surface area contributed by atoms with Gasteiger partial charge >= 0.3 is 0 Å². The van der Waals surface area contributed by atoms with Crippen molar-refractivity contribution < 1.29 is 14.4 Å². The highest BCUT2D eigenvalue weighted by atomic mass is 16.6. The number of hydroxylamine groups is 1. The number of hydrogen-bond donors (Lipinski definition) is 3. The molecule has 1 fully saturated rings. The molecule has 1 atom stereocenters. The first-order chi connectivity index (χ1) is 9.00. The Morgan fingerprint density at radius 1 is 1.63 bits per heavy atom. The Morgan fingerprint density at radius 3 is 3.05 bits per heavy atom. The molecule has 0 saturated carbocycles. The Bertz CT molecular complexity index is 346. The van der Waals surface area contributed by atoms with Crippen molar-refractivity contribution >= 4 is 11.8 Å². The topological polar surface area (TPSA) is 96.7 Å². The normalized spacial score (nSPS) is 19.2. The summed E-state index contributed by atoms with van der Waals surface area (Å²) in [6.07, 6.45) is 1.53. The van der Waals surface area contributed by atoms with Crippen LogP contribution in [0.15, 0.2) is 12.3 Å². The first-order valence-electron chi connectivity index (χ1n) is 6.35. The summed E-state index contributed by atoms with van der Waals surface area (Å²) in [6.45, 7) is 6.71. The number of amides is 2. The van der Waals surface area contributed by atoms with Crippen LogP contribution in [0.2, 0.25) is 0 Å². The summed E-state index contributed by atoms with van der Waals surface area (Å²) in [5, 5.41) is 2.67. The minimum Gasteiger partial charge on any atom is -0.352 e. The summed E-state index contributed by atoms with van der Waals surface area (Å²) in [5.41, 5.74) is 8.93. The Balaban J connectivity index is 2.16. The average molecular weight is 270 g/mol. The van der Waals surface area contributed by atoms with E-state index in [1.165, 1.54) is 4.90 Å². The van der Waals surface area contributed by atoms with Crippen LogP contribution in [0.4, 0.5) is 0 Å². The van der Waals surface area contributed by atoms with Gasteiger partial charge in [0.05, 0.1) is 19.2 Å². The van der Waals surface area contributed by atoms with Crippen LogP contribution in [0.1, 0.15) is 19.8 Å². The van der Waals surface area contributed by atoms with Gasteiger partial charge in [-0.3, -0.25) is 19.9 Å². The van der Waals surface area contributed by atoms with Crippen molar-refractivity contribution in [1.82, 2.24) is 15.7 Å². The Labute approximate surface area is 113 Å². The molecule has 0 radical (unpaired) electrons. The van der Waals surface area contributed by atoms with Crippen molar-refractivity contribution in [3.05, 3.63) is 12.3 Å². The predicted octanol–water partition coefficient (Wildman–Crippen LogP) is -0.893. The van der Waals surface area contributed by atoms with Gasteiger partial charge < -0.3 is 16.0 Å². The minimum absolute atomic E-state index is 0.0560. The number of likely N-dealkylation sites (tertiary alicyclic amines) is 1. The molecule has 1 rings (SSSR count). The standard InChI is InChI=1S/C12H22N4O3/c1-9(2)15-19-7-5-14-11(17)8-16-6-3-4-10(13)12(16)18/h10,15H,1,3-8,13H2,2H3,(H,14,17). The second-order valence-electron chi connectivity index (χ2n) is 4.59. The fraction of sp³-hybridized carbons (Fsp3) is 0.667. The molecular formula is C12H22N4O3. The number of allylic oxidation sites excluding steroid dienone is 1. The minimum atomic E-state index is -0.468. The molecule has 7 nitrogen and oxygen atoms in total. The van der Waals surface area contributed by atoms with Gasteiger partial charge in [0.2, 0.25) is 11.8 Å². The lowest BCUT2D eigenvalue weighted by molar-refractivity contribution is -0.139. The van der Waals surface area contributed by atoms with E-state index in [9.17, 15) is 9.59 Å². The van der Waals surface area contributed by atoms with Gasteiger partial charge in [0.15, 0.2) is 0 Å². The van der Waals surface area contributed by atoms with Gasteiger partial charge in [0.25, 0.3) is 0 Å². The smallest absolute Gasteiger partial charge is 0.239 e. The number of nitrogens with zero attached hydrogens (tertiary/aromatic N) is 1. The average Bonchev–Trinajstić information content (AvgIpc) is 2.34. The highest BCUT2D eigenvalue weighted by Gasteiger charge is 2.26. The maximum Gasteiger partial charge on any atom is 0.239 e. The number of carbonyl (C=O) groups excluding carboxylic acids is 2. The van der Waals surface area contributed by atoms with Gasteiger partial charge in [-0.05, 0) is 19.8 Å². The molecule has 2 amide bonds. The molecule has 0 aromatic heterocycles. The third-order valence-corrected chi connectivity index (χ3v) is 2.68. The van der Waals surface area contributed by atoms with Crippen LogP contribution in [0.25, 0.3) is 0 Å². The van der Waals surface area contributed by atoms with Crippen molar-refractivity contribution in [3.63, 3.8) is 0 Å². The molecule has 1 heterocycles. The molecule has 1 unspecified atom stereocenters. The highest BCUT2D eigenvalue weighted by Crippen LogP contribution is 2.08. The second-order valence-corrected chi connectivity index (χ2v) is 4.59. The van der Waals surface area contributed by atoms with Gasteiger partial charge in [-0.15, -0.1) is 0 Å². The van der Waals surface area contributed by atoms with Crippen LogP contribution in [-0.4, -0.2) is 49.0 Å². The SMILES string of the molecule is C=C(C)NOCCNC(=O)CN1CCCC(N)C1=O. The van der Waals surface area contributed by atoms with E-state index in [0.717, 1.165) is 6.42 Å². The summed E-state index contributed by atoms with van der Waals surface area (Å²) in [5.74, 6) is -0.358. The van der Waals surface area contributed by atoms with Gasteiger partial charge in [0, 0.05) is 18.8 Å². The molecule has 1 aliphatic heterocycles. The van der Waals surface area contributed by atoms with Crippen LogP contribution in [0, 0.1) is 0 Å². The van der Waals surface area contributed by atoms with Gasteiger partial charge in [-0.25, -0.2) is 0 Å². The van der Waals surface area contributed by atoms with Crippen LogP contribution >= 0.6 is 0 Å². The summed E-state index contributed by atoms with van der Waals surface area (Å²) in [4.78, 5) is 29.8. The van der Waals surface area contributed by atoms with Crippen LogP contribution in [-0.2, 0) is 14.4 Å². The Kier molecular flexibility index (Phi) is 6.31. The van der Waals surface area contributed by atoms with Crippen LogP contribution in [0.5, 0.6) is 0 Å². The van der Waals surface area contributed by atoms with Crippen molar-refractivity contribution in [2.75, 3.05) is 26.2 Å². The zero-order chi connectivity index (χ0) is 14.3. The lowest BCUT2D eigenvalue weighted by atomic mass is 10.1. The maximum atomic E-state index is 11.7. The number of nitrogens with two attached hydrogens (primary N) is 1. The van der Waals surface area contributed by atoms with E-state index in [1.54, 1.807) is 6.92 Å². The molecule has 108 valence electrons. The number of carbonyl (C=O) groups is 2. The summed E-state index contributed by atoms with van der Waals surface area (Å²) >= 11 is 0. The van der Waals surface area contributed by atoms with Gasteiger partial charge in [0.1, 0.15) is 0 Å². The van der Waals surface area contributed by atoms with Gasteiger partial charge in [-0.2, -0.15) is 0 Å². The zero-order valence-corrected chi connectivity index (χ0v) is 11.3. The van der Waals surface area contributed by atoms with Crippen LogP contribution in [0.3, 0.4) is 0 Å². The fourth-order valence-corrected chi connectivity index (χ4v) is 1.77. The molecule has 4 N–H and O–H groups in total. The van der Waals surface area contributed by atoms with E-state index >= 15 is 0 Å². The molecule has 1 aliphatic rings. The summed E-state index contributed by atoms with van der Waals surface area (Å²) in [7, 11) is 0. The van der Waals surface area contributed by atoms with Crippen LogP contribution < -0.4 is 16.5 Å². The summed E-state index contributed by atoms with van der Waals surface area (Å²) in [6, 6.07) is -0.468. The van der Waals surface area contributed by atoms with E-state index in [-0.39, 0.29) is 18.4 Å². The van der Waals surface area contributed by atoms with Crippen molar-refractivity contribution in [1.29, 1.82) is 0 Å². The molecule has 0 aromatic rings. The Hall–Kier alpha value is -1.60. The number of nitrogens with one attached hydrogen (secondary N) is 2. The first kappa shape index (κ1) is 15.5. The molecular weight excluding hydrogens is 248 g/mol. The van der Waals surface area contributed by atoms with Gasteiger partial charge in [-0.1, -0.05) is 6.58 Å². The highest BCUT2D eigenvalue weighted by molar-refractivity contribution is 5.87. The molecule has 0 bridgehead atoms. The van der Waals surface area contributed by atoms with Crippen molar-refractivity contribution in [2.45, 2.75) is 25.8 Å². The molecule has 19 heavy (non-hydrogen) atoms. The predicted molar refractivity (Wildman–Crippen MR) is 70.7 cm³/mol. The van der Waals surface area contributed by atoms with E-state index in [1.807, 2.05) is 0 Å². The lowest BCUT2D eigenvalue weighted by Gasteiger charge is -2.29. The number of hydrogen-bond acceptors (Lipinski definition) is 5. The third kappa shape index (κ3) is 5.71. The monoisotopic (exact) mass is 270 g/mol.